The summed E-state index contributed by atoms with van der Waals surface area (Å²) in [6.07, 6.45) is 3.10. The van der Waals surface area contributed by atoms with Gasteiger partial charge in [0.05, 0.1) is 0 Å². The van der Waals surface area contributed by atoms with Crippen LogP contribution >= 0.6 is 0 Å². The third-order valence-corrected chi connectivity index (χ3v) is 5.79. The van der Waals surface area contributed by atoms with Crippen LogP contribution in [0.25, 0.3) is 0 Å². The summed E-state index contributed by atoms with van der Waals surface area (Å²) in [5, 5.41) is 0. The van der Waals surface area contributed by atoms with Crippen molar-refractivity contribution >= 4 is 11.8 Å². The van der Waals surface area contributed by atoms with Crippen molar-refractivity contribution in [3.8, 4) is 0 Å². The highest BCUT2D eigenvalue weighted by Crippen LogP contribution is 2.32. The van der Waals surface area contributed by atoms with E-state index in [1.165, 1.54) is 30.3 Å². The normalized spacial score (nSPS) is 17.2. The average Bonchev–Trinajstić information content (AvgIpc) is 3.58. The molecule has 2 amide bonds. The maximum atomic E-state index is 14.1. The van der Waals surface area contributed by atoms with Gasteiger partial charge in [-0.25, -0.2) is 8.78 Å². The predicted molar refractivity (Wildman–Crippen MR) is 105 cm³/mol. The number of halogens is 2. The van der Waals surface area contributed by atoms with Gasteiger partial charge >= 0.3 is 0 Å². The lowest BCUT2D eigenvalue weighted by atomic mass is 9.94. The van der Waals surface area contributed by atoms with Crippen LogP contribution in [-0.2, 0) is 11.3 Å². The lowest BCUT2D eigenvalue weighted by Gasteiger charge is -2.34. The average molecular weight is 398 g/mol. The molecule has 0 atom stereocenters. The number of hydrogen-bond acceptors (Lipinski definition) is 2. The standard InChI is InChI=1S/C23H24F2N2O2/c24-19-7-5-16(6-8-19)22(28)26-13-11-17(12-14-26)23(29)27(20-9-10-20)15-18-3-1-2-4-21(18)25/h1-8,17,20H,9-15H2. The van der Waals surface area contributed by atoms with Gasteiger partial charge in [-0.15, -0.1) is 0 Å². The molecule has 0 aromatic heterocycles. The van der Waals surface area contributed by atoms with Crippen LogP contribution in [0.2, 0.25) is 0 Å². The quantitative estimate of drug-likeness (QED) is 0.764. The number of hydrogen-bond donors (Lipinski definition) is 0. The van der Waals surface area contributed by atoms with E-state index in [-0.39, 0.29) is 35.4 Å². The maximum Gasteiger partial charge on any atom is 0.253 e. The topological polar surface area (TPSA) is 40.6 Å². The lowest BCUT2D eigenvalue weighted by molar-refractivity contribution is -0.138. The van der Waals surface area contributed by atoms with Crippen LogP contribution in [-0.4, -0.2) is 40.7 Å². The van der Waals surface area contributed by atoms with E-state index in [2.05, 4.69) is 0 Å². The Bertz CT molecular complexity index is 888. The SMILES string of the molecule is O=C(c1ccc(F)cc1)N1CCC(C(=O)N(Cc2ccccc2F)C2CC2)CC1. The van der Waals surface area contributed by atoms with Crippen molar-refractivity contribution in [3.63, 3.8) is 0 Å². The van der Waals surface area contributed by atoms with Gasteiger partial charge in [0.25, 0.3) is 5.91 Å². The smallest absolute Gasteiger partial charge is 0.253 e. The summed E-state index contributed by atoms with van der Waals surface area (Å²) in [6, 6.07) is 12.3. The first-order valence-electron chi connectivity index (χ1n) is 10.1. The molecule has 1 heterocycles. The fourth-order valence-corrected chi connectivity index (χ4v) is 3.92. The maximum absolute atomic E-state index is 14.1. The molecule has 2 fully saturated rings. The molecule has 4 rings (SSSR count). The summed E-state index contributed by atoms with van der Waals surface area (Å²) < 4.78 is 27.1. The Hall–Kier alpha value is -2.76. The molecule has 152 valence electrons. The third kappa shape index (κ3) is 4.47. The fourth-order valence-electron chi connectivity index (χ4n) is 3.92. The van der Waals surface area contributed by atoms with E-state index in [9.17, 15) is 18.4 Å². The molecule has 29 heavy (non-hydrogen) atoms. The molecule has 2 aromatic carbocycles. The molecular weight excluding hydrogens is 374 g/mol. The Kier molecular flexibility index (Phi) is 5.60. The summed E-state index contributed by atoms with van der Waals surface area (Å²) >= 11 is 0. The Labute approximate surface area is 169 Å². The van der Waals surface area contributed by atoms with E-state index in [0.29, 0.717) is 43.6 Å². The van der Waals surface area contributed by atoms with Crippen molar-refractivity contribution in [3.05, 3.63) is 71.3 Å². The molecule has 0 N–H and O–H groups in total. The number of carbonyl (C=O) groups is 2. The zero-order valence-corrected chi connectivity index (χ0v) is 16.2. The first-order valence-corrected chi connectivity index (χ1v) is 10.1. The Morgan fingerprint density at radius 2 is 1.59 bits per heavy atom. The van der Waals surface area contributed by atoms with Gasteiger partial charge < -0.3 is 9.80 Å². The highest BCUT2D eigenvalue weighted by atomic mass is 19.1. The van der Waals surface area contributed by atoms with Crippen molar-refractivity contribution in [2.75, 3.05) is 13.1 Å². The van der Waals surface area contributed by atoms with E-state index >= 15 is 0 Å². The number of nitrogens with zero attached hydrogens (tertiary/aromatic N) is 2. The number of rotatable bonds is 5. The van der Waals surface area contributed by atoms with Gasteiger partial charge in [-0.2, -0.15) is 0 Å². The predicted octanol–water partition coefficient (Wildman–Crippen LogP) is 4.01. The molecule has 0 unspecified atom stereocenters. The molecule has 0 bridgehead atoms. The monoisotopic (exact) mass is 398 g/mol. The second-order valence-corrected chi connectivity index (χ2v) is 7.86. The summed E-state index contributed by atoms with van der Waals surface area (Å²) in [5.74, 6) is -0.892. The molecule has 4 nitrogen and oxygen atoms in total. The van der Waals surface area contributed by atoms with Gasteiger partial charge in [0.15, 0.2) is 0 Å². The van der Waals surface area contributed by atoms with Crippen molar-refractivity contribution in [2.45, 2.75) is 38.3 Å². The molecule has 2 aromatic rings. The second-order valence-electron chi connectivity index (χ2n) is 7.86. The van der Waals surface area contributed by atoms with Gasteiger partial charge in [-0.3, -0.25) is 9.59 Å². The van der Waals surface area contributed by atoms with Gasteiger partial charge in [0.2, 0.25) is 5.91 Å². The van der Waals surface area contributed by atoms with Crippen LogP contribution in [0.4, 0.5) is 8.78 Å². The molecule has 0 spiro atoms. The summed E-state index contributed by atoms with van der Waals surface area (Å²) in [7, 11) is 0. The molecular formula is C23H24F2N2O2. The fraction of sp³-hybridized carbons (Fsp3) is 0.391. The Morgan fingerprint density at radius 3 is 2.21 bits per heavy atom. The van der Waals surface area contributed by atoms with Crippen molar-refractivity contribution in [1.82, 2.24) is 9.80 Å². The summed E-state index contributed by atoms with van der Waals surface area (Å²) in [5.41, 5.74) is 0.993. The molecule has 1 saturated carbocycles. The zero-order chi connectivity index (χ0) is 20.4. The van der Waals surface area contributed by atoms with Crippen molar-refractivity contribution < 1.29 is 18.4 Å². The largest absolute Gasteiger partial charge is 0.339 e. The van der Waals surface area contributed by atoms with E-state index in [0.717, 1.165) is 12.8 Å². The lowest BCUT2D eigenvalue weighted by Crippen LogP contribution is -2.45. The summed E-state index contributed by atoms with van der Waals surface area (Å²) in [4.78, 5) is 29.3. The Morgan fingerprint density at radius 1 is 0.931 bits per heavy atom. The summed E-state index contributed by atoms with van der Waals surface area (Å²) in [6.45, 7) is 1.28. The minimum Gasteiger partial charge on any atom is -0.339 e. The minimum atomic E-state index is -0.374. The highest BCUT2D eigenvalue weighted by molar-refractivity contribution is 5.94. The Balaban J connectivity index is 1.38. The molecule has 0 radical (unpaired) electrons. The first kappa shape index (κ1) is 19.6. The van der Waals surface area contributed by atoms with E-state index in [1.807, 2.05) is 4.90 Å². The number of piperidine rings is 1. The van der Waals surface area contributed by atoms with Crippen LogP contribution in [0.1, 0.15) is 41.6 Å². The highest BCUT2D eigenvalue weighted by Gasteiger charge is 2.37. The van der Waals surface area contributed by atoms with Crippen molar-refractivity contribution in [1.29, 1.82) is 0 Å². The van der Waals surface area contributed by atoms with Crippen LogP contribution in [0, 0.1) is 17.6 Å². The second kappa shape index (κ2) is 8.31. The van der Waals surface area contributed by atoms with Gasteiger partial charge in [-0.1, -0.05) is 18.2 Å². The van der Waals surface area contributed by atoms with Gasteiger partial charge in [0.1, 0.15) is 11.6 Å². The van der Waals surface area contributed by atoms with Crippen LogP contribution in [0.5, 0.6) is 0 Å². The first-order chi connectivity index (χ1) is 14.0. The molecule has 1 saturated heterocycles. The number of likely N-dealkylation sites (tertiary alicyclic amines) is 1. The molecule has 6 heteroatoms. The van der Waals surface area contributed by atoms with E-state index < -0.39 is 0 Å². The number of carbonyl (C=O) groups excluding carboxylic acids is 2. The van der Waals surface area contributed by atoms with E-state index in [1.54, 1.807) is 23.1 Å². The zero-order valence-electron chi connectivity index (χ0n) is 16.2. The van der Waals surface area contributed by atoms with Crippen molar-refractivity contribution in [2.24, 2.45) is 5.92 Å². The number of amides is 2. The third-order valence-electron chi connectivity index (χ3n) is 5.79. The molecule has 2 aliphatic rings. The number of benzene rings is 2. The minimum absolute atomic E-state index is 0.0598. The van der Waals surface area contributed by atoms with Crippen LogP contribution in [0.15, 0.2) is 48.5 Å². The molecule has 1 aliphatic heterocycles. The molecule has 1 aliphatic carbocycles. The van der Waals surface area contributed by atoms with Crippen LogP contribution < -0.4 is 0 Å². The van der Waals surface area contributed by atoms with Crippen LogP contribution in [0.3, 0.4) is 0 Å². The van der Waals surface area contributed by atoms with E-state index in [4.69, 9.17) is 0 Å². The van der Waals surface area contributed by atoms with Gasteiger partial charge in [0, 0.05) is 42.7 Å². The van der Waals surface area contributed by atoms with Gasteiger partial charge in [-0.05, 0) is 56.0 Å².